The third-order valence-corrected chi connectivity index (χ3v) is 8.10. The molecule has 5 aromatic rings. The summed E-state index contributed by atoms with van der Waals surface area (Å²) in [4.78, 5) is 32.2. The van der Waals surface area contributed by atoms with E-state index < -0.39 is 17.7 Å². The minimum atomic E-state index is -1.02. The van der Waals surface area contributed by atoms with E-state index in [0.717, 1.165) is 40.5 Å². The van der Waals surface area contributed by atoms with Crippen molar-refractivity contribution < 1.29 is 29.3 Å². The van der Waals surface area contributed by atoms with Gasteiger partial charge in [0.25, 0.3) is 0 Å². The smallest absolute Gasteiger partial charge is 0.355 e. The number of phenols is 2. The van der Waals surface area contributed by atoms with E-state index in [-0.39, 0.29) is 28.0 Å². The molecule has 1 atom stereocenters. The first kappa shape index (κ1) is 28.1. The van der Waals surface area contributed by atoms with E-state index in [4.69, 9.17) is 16.7 Å². The second kappa shape index (κ2) is 11.3. The Balaban J connectivity index is 0.000000211. The number of allylic oxidation sites excluding steroid dienone is 4. The summed E-state index contributed by atoms with van der Waals surface area (Å²) in [5, 5.41) is 31.9. The fourth-order valence-electron chi connectivity index (χ4n) is 5.81. The van der Waals surface area contributed by atoms with Gasteiger partial charge in [0.2, 0.25) is 0 Å². The minimum Gasteiger partial charge on any atom is -0.504 e. The van der Waals surface area contributed by atoms with Gasteiger partial charge in [-0.1, -0.05) is 53.6 Å². The Morgan fingerprint density at radius 2 is 1.84 bits per heavy atom. The molecular weight excluding hydrogens is 571 g/mol. The zero-order valence-electron chi connectivity index (χ0n) is 22.6. The Labute approximate surface area is 250 Å². The summed E-state index contributed by atoms with van der Waals surface area (Å²) in [6.07, 6.45) is 10.7. The fraction of sp³-hybridized carbons (Fsp3) is 0.118. The maximum Gasteiger partial charge on any atom is 0.355 e. The summed E-state index contributed by atoms with van der Waals surface area (Å²) in [7, 11) is 0. The topological polar surface area (TPSA) is 121 Å². The lowest BCUT2D eigenvalue weighted by molar-refractivity contribution is 0.0692. The number of hydrogen-bond donors (Lipinski definition) is 3. The quantitative estimate of drug-likeness (QED) is 0.185. The number of phenolic OH excluding ortho intramolecular Hbond substituents is 2. The van der Waals surface area contributed by atoms with Gasteiger partial charge in [-0.3, -0.25) is 9.78 Å². The lowest BCUT2D eigenvalue weighted by atomic mass is 9.71. The molecule has 0 saturated heterocycles. The van der Waals surface area contributed by atoms with Crippen LogP contribution >= 0.6 is 11.6 Å². The highest BCUT2D eigenvalue weighted by Gasteiger charge is 2.36. The van der Waals surface area contributed by atoms with Crippen molar-refractivity contribution in [3.8, 4) is 11.5 Å². The van der Waals surface area contributed by atoms with E-state index in [2.05, 4.69) is 16.0 Å². The molecule has 3 aromatic carbocycles. The molecule has 0 aliphatic heterocycles. The molecule has 43 heavy (non-hydrogen) atoms. The maximum absolute atomic E-state index is 13.7. The molecule has 0 radical (unpaired) electrons. The molecular formula is C34H24ClFN2O5. The number of Topliss-reactive ketones (excluding diaryl/α,β-unsaturated/α-hetero) is 1. The third-order valence-electron chi connectivity index (χ3n) is 7.81. The molecule has 0 fully saturated rings. The van der Waals surface area contributed by atoms with Crippen LogP contribution in [0.4, 0.5) is 4.39 Å². The molecule has 214 valence electrons. The normalized spacial score (nSPS) is 15.6. The molecule has 7 rings (SSSR count). The molecule has 2 aliphatic carbocycles. The highest BCUT2D eigenvalue weighted by molar-refractivity contribution is 6.30. The van der Waals surface area contributed by atoms with Gasteiger partial charge in [0.05, 0.1) is 5.02 Å². The third kappa shape index (κ3) is 5.10. The molecule has 0 spiro atoms. The number of carbonyl (C=O) groups excluding carboxylic acids is 1. The van der Waals surface area contributed by atoms with E-state index in [1.165, 1.54) is 18.3 Å². The van der Waals surface area contributed by atoms with Crippen molar-refractivity contribution in [3.05, 3.63) is 124 Å². The van der Waals surface area contributed by atoms with Gasteiger partial charge in [-0.2, -0.15) is 0 Å². The number of fused-ring (bicyclic) bond motifs is 5. The summed E-state index contributed by atoms with van der Waals surface area (Å²) < 4.78 is 13.6. The van der Waals surface area contributed by atoms with Crippen molar-refractivity contribution in [2.24, 2.45) is 5.92 Å². The van der Waals surface area contributed by atoms with Crippen LogP contribution in [0.1, 0.15) is 44.8 Å². The van der Waals surface area contributed by atoms with Crippen LogP contribution < -0.4 is 0 Å². The molecule has 7 nitrogen and oxygen atoms in total. The average molecular weight is 595 g/mol. The van der Waals surface area contributed by atoms with Crippen molar-refractivity contribution in [2.45, 2.75) is 19.3 Å². The average Bonchev–Trinajstić information content (AvgIpc) is 3.02. The fourth-order valence-corrected chi connectivity index (χ4v) is 6.02. The lowest BCUT2D eigenvalue weighted by Crippen LogP contribution is -2.27. The van der Waals surface area contributed by atoms with Gasteiger partial charge in [-0.25, -0.2) is 14.2 Å². The highest BCUT2D eigenvalue weighted by Crippen LogP contribution is 2.46. The zero-order chi connectivity index (χ0) is 30.2. The van der Waals surface area contributed by atoms with Crippen LogP contribution in [0.15, 0.2) is 90.9 Å². The van der Waals surface area contributed by atoms with E-state index in [1.807, 2.05) is 18.2 Å². The van der Waals surface area contributed by atoms with E-state index in [0.29, 0.717) is 28.1 Å². The lowest BCUT2D eigenvalue weighted by Gasteiger charge is -2.31. The molecule has 1 unspecified atom stereocenters. The highest BCUT2D eigenvalue weighted by atomic mass is 35.5. The molecule has 0 amide bonds. The first-order valence-electron chi connectivity index (χ1n) is 13.5. The van der Waals surface area contributed by atoms with Crippen LogP contribution in [0.5, 0.6) is 11.5 Å². The van der Waals surface area contributed by atoms with E-state index in [1.54, 1.807) is 42.7 Å². The molecule has 0 saturated carbocycles. The van der Waals surface area contributed by atoms with Gasteiger partial charge in [0.1, 0.15) is 5.82 Å². The predicted octanol–water partition coefficient (Wildman–Crippen LogP) is 7.53. The van der Waals surface area contributed by atoms with Crippen molar-refractivity contribution in [3.63, 3.8) is 0 Å². The second-order valence-corrected chi connectivity index (χ2v) is 10.7. The van der Waals surface area contributed by atoms with Crippen molar-refractivity contribution >= 4 is 50.5 Å². The molecule has 2 aliphatic rings. The van der Waals surface area contributed by atoms with Crippen LogP contribution in [0, 0.1) is 11.7 Å². The monoisotopic (exact) mass is 594 g/mol. The number of carboxylic acid groups (broad SMARTS) is 1. The van der Waals surface area contributed by atoms with E-state index in [9.17, 15) is 24.2 Å². The van der Waals surface area contributed by atoms with Crippen molar-refractivity contribution in [1.29, 1.82) is 0 Å². The molecule has 2 aromatic heterocycles. The Morgan fingerprint density at radius 3 is 2.63 bits per heavy atom. The van der Waals surface area contributed by atoms with Gasteiger partial charge in [0.15, 0.2) is 23.0 Å². The van der Waals surface area contributed by atoms with E-state index >= 15 is 0 Å². The first-order valence-corrected chi connectivity index (χ1v) is 13.9. The number of carbonyl (C=O) groups is 2. The second-order valence-electron chi connectivity index (χ2n) is 10.3. The Hall–Kier alpha value is -5.08. The summed E-state index contributed by atoms with van der Waals surface area (Å²) in [5.74, 6) is -2.60. The number of halogens is 2. The molecule has 0 bridgehead atoms. The van der Waals surface area contributed by atoms with Crippen LogP contribution in [0.25, 0.3) is 27.1 Å². The van der Waals surface area contributed by atoms with Gasteiger partial charge >= 0.3 is 5.97 Å². The predicted molar refractivity (Wildman–Crippen MR) is 162 cm³/mol. The summed E-state index contributed by atoms with van der Waals surface area (Å²) in [5.41, 5.74) is 4.07. The number of aromatic carboxylic acids is 1. The van der Waals surface area contributed by atoms with Gasteiger partial charge in [-0.05, 0) is 71.7 Å². The number of ketones is 1. The number of rotatable bonds is 3. The molecule has 3 N–H and O–H groups in total. The summed E-state index contributed by atoms with van der Waals surface area (Å²) >= 11 is 5.96. The van der Waals surface area contributed by atoms with Crippen LogP contribution in [-0.4, -0.2) is 37.0 Å². The zero-order valence-corrected chi connectivity index (χ0v) is 23.3. The Bertz CT molecular complexity index is 2010. The number of benzene rings is 3. The van der Waals surface area contributed by atoms with Gasteiger partial charge in [0, 0.05) is 46.2 Å². The van der Waals surface area contributed by atoms with Crippen molar-refractivity contribution in [1.82, 2.24) is 9.97 Å². The number of aromatic nitrogens is 2. The molecule has 9 heteroatoms. The van der Waals surface area contributed by atoms with Crippen molar-refractivity contribution in [2.75, 3.05) is 0 Å². The maximum atomic E-state index is 13.7. The largest absolute Gasteiger partial charge is 0.504 e. The number of pyridine rings is 2. The Kier molecular flexibility index (Phi) is 7.38. The van der Waals surface area contributed by atoms with Gasteiger partial charge < -0.3 is 15.3 Å². The number of hydrogen-bond acceptors (Lipinski definition) is 6. The summed E-state index contributed by atoms with van der Waals surface area (Å²) in [6.45, 7) is 0. The Morgan fingerprint density at radius 1 is 1.02 bits per heavy atom. The first-order chi connectivity index (χ1) is 20.7. The van der Waals surface area contributed by atoms with Crippen LogP contribution in [-0.2, 0) is 6.42 Å². The molecule has 2 heterocycles. The summed E-state index contributed by atoms with van der Waals surface area (Å²) in [6, 6.07) is 14.8. The minimum absolute atomic E-state index is 0.0296. The number of aromatic hydroxyl groups is 2. The van der Waals surface area contributed by atoms with Crippen LogP contribution in [0.3, 0.4) is 0 Å². The SMILES string of the molecule is O=C(O)c1nccc2cnccc12.O=C1c2c(ccc3ccc(O)c(O)c23)C2=C(CCC=C2)C1Cc1ccc(F)c(Cl)c1. The standard InChI is InChI=1S/C25H18ClFO3.C9H6N2O2/c26-19-12-13(5-9-20(19)27)11-18-16-4-2-1-3-15(16)17-8-6-14-7-10-21(28)25(30)22(14)23(17)24(18)29;12-9(13)8-7-2-3-10-5-6(7)1-4-11-8/h1,3,5-10,12,18,28,30H,2,4,11H2;1-5H,(H,12,13). The number of nitrogens with zero attached hydrogens (tertiary/aromatic N) is 2. The van der Waals surface area contributed by atoms with Gasteiger partial charge in [-0.15, -0.1) is 0 Å². The van der Waals surface area contributed by atoms with Crippen LogP contribution in [0.2, 0.25) is 5.02 Å². The number of carboxylic acids is 1.